The predicted octanol–water partition coefficient (Wildman–Crippen LogP) is 3.06. The van der Waals surface area contributed by atoms with Gasteiger partial charge in [-0.15, -0.1) is 0 Å². The Morgan fingerprint density at radius 1 is 1.16 bits per heavy atom. The van der Waals surface area contributed by atoms with Crippen molar-refractivity contribution < 1.29 is 9.26 Å². The first-order valence-corrected chi connectivity index (χ1v) is 10.3. The first kappa shape index (κ1) is 20.1. The molecule has 9 nitrogen and oxygen atoms in total. The lowest BCUT2D eigenvalue weighted by Gasteiger charge is -2.39. The zero-order valence-electron chi connectivity index (χ0n) is 18.0. The highest BCUT2D eigenvalue weighted by Crippen LogP contribution is 2.28. The monoisotopic (exact) mass is 429 g/mol. The molecule has 0 unspecified atom stereocenters. The van der Waals surface area contributed by atoms with Crippen LogP contribution in [0.25, 0.3) is 17.2 Å². The molecule has 0 amide bonds. The number of ether oxygens (including phenoxy) is 1. The number of likely N-dealkylation sites (N-methyl/N-ethyl adjacent to an activating group) is 1. The number of rotatable bonds is 3. The van der Waals surface area contributed by atoms with Crippen molar-refractivity contribution >= 4 is 11.7 Å². The maximum Gasteiger partial charge on any atom is 0.257 e. The molecule has 2 aliphatic rings. The summed E-state index contributed by atoms with van der Waals surface area (Å²) in [6.45, 7) is 7.99. The number of morpholine rings is 1. The van der Waals surface area contributed by atoms with Crippen LogP contribution in [-0.2, 0) is 4.74 Å². The summed E-state index contributed by atoms with van der Waals surface area (Å²) in [5.74, 6) is 1.96. The topological polar surface area (TPSA) is 92.8 Å². The van der Waals surface area contributed by atoms with Crippen LogP contribution in [0.2, 0.25) is 0 Å². The second-order valence-electron chi connectivity index (χ2n) is 7.66. The van der Waals surface area contributed by atoms with Crippen molar-refractivity contribution in [1.29, 1.82) is 0 Å². The van der Waals surface area contributed by atoms with E-state index in [4.69, 9.17) is 14.3 Å². The number of aliphatic imine (C=N–C) groups is 1. The normalized spacial score (nSPS) is 19.1. The lowest BCUT2D eigenvalue weighted by atomic mass is 10.1. The summed E-state index contributed by atoms with van der Waals surface area (Å²) >= 11 is 0. The molecule has 0 bridgehead atoms. The van der Waals surface area contributed by atoms with E-state index in [9.17, 15) is 0 Å². The van der Waals surface area contributed by atoms with Gasteiger partial charge in [0.15, 0.2) is 5.82 Å². The van der Waals surface area contributed by atoms with Gasteiger partial charge in [0.1, 0.15) is 12.4 Å². The number of hydrogen-bond donors (Lipinski definition) is 0. The summed E-state index contributed by atoms with van der Waals surface area (Å²) < 4.78 is 11.3. The molecule has 162 valence electrons. The van der Waals surface area contributed by atoms with Crippen LogP contribution in [-0.4, -0.2) is 62.6 Å². The second kappa shape index (κ2) is 8.35. The van der Waals surface area contributed by atoms with Crippen LogP contribution < -0.4 is 0 Å². The maximum atomic E-state index is 6.08. The minimum Gasteiger partial charge on any atom is -0.370 e. The summed E-state index contributed by atoms with van der Waals surface area (Å²) in [6.07, 6.45) is 5.09. The number of aromatic nitrogens is 4. The molecular formula is C23H23N7O2. The number of benzene rings is 1. The van der Waals surface area contributed by atoms with Gasteiger partial charge in [0.25, 0.3) is 5.89 Å². The zero-order chi connectivity index (χ0) is 22.1. The third kappa shape index (κ3) is 3.90. The van der Waals surface area contributed by atoms with Gasteiger partial charge < -0.3 is 19.1 Å². The highest BCUT2D eigenvalue weighted by atomic mass is 16.5. The van der Waals surface area contributed by atoms with Gasteiger partial charge in [-0.2, -0.15) is 4.98 Å². The number of aryl methyl sites for hydroxylation is 1. The van der Waals surface area contributed by atoms with Crippen molar-refractivity contribution in [1.82, 2.24) is 29.9 Å². The van der Waals surface area contributed by atoms with E-state index in [2.05, 4.69) is 31.6 Å². The van der Waals surface area contributed by atoms with Crippen LogP contribution in [0.3, 0.4) is 0 Å². The molecule has 3 aromatic rings. The average molecular weight is 429 g/mol. The van der Waals surface area contributed by atoms with Gasteiger partial charge >= 0.3 is 0 Å². The molecule has 2 aromatic heterocycles. The van der Waals surface area contributed by atoms with E-state index in [-0.39, 0.29) is 6.10 Å². The average Bonchev–Trinajstić information content (AvgIpc) is 3.28. The molecule has 2 aliphatic heterocycles. The van der Waals surface area contributed by atoms with Crippen molar-refractivity contribution in [2.24, 2.45) is 4.99 Å². The van der Waals surface area contributed by atoms with E-state index in [0.717, 1.165) is 40.7 Å². The second-order valence-corrected chi connectivity index (χ2v) is 7.66. The van der Waals surface area contributed by atoms with E-state index in [0.29, 0.717) is 24.9 Å². The summed E-state index contributed by atoms with van der Waals surface area (Å²) in [7, 11) is 1.97. The third-order valence-corrected chi connectivity index (χ3v) is 5.51. The number of allylic oxidation sites excluding steroid dienone is 1. The van der Waals surface area contributed by atoms with Crippen LogP contribution in [0.4, 0.5) is 0 Å². The summed E-state index contributed by atoms with van der Waals surface area (Å²) in [6, 6.07) is 9.89. The van der Waals surface area contributed by atoms with Crippen molar-refractivity contribution in [2.75, 3.05) is 26.7 Å². The fourth-order valence-electron chi connectivity index (χ4n) is 3.74. The number of nitrogens with zero attached hydrogens (tertiary/aromatic N) is 7. The Morgan fingerprint density at radius 2 is 2.00 bits per heavy atom. The standard InChI is InChI=1S/C23H23N7O2/c1-15-12-20(19-8-9-24-14-25-19)27-23(29(15)3)30-10-11-31-21(13-30)17-4-6-18(7-5-17)22-26-16(2)28-32-22/h4-9,12,14,21H,1,10-11,13H2,2-3H3/t21-/m1/s1. The van der Waals surface area contributed by atoms with Gasteiger partial charge in [0.2, 0.25) is 5.96 Å². The van der Waals surface area contributed by atoms with Crippen LogP contribution in [0.15, 0.2) is 70.7 Å². The van der Waals surface area contributed by atoms with Crippen LogP contribution in [0.5, 0.6) is 0 Å². The largest absolute Gasteiger partial charge is 0.370 e. The lowest BCUT2D eigenvalue weighted by molar-refractivity contribution is -0.00961. The Labute approximate surface area is 185 Å². The molecule has 0 aliphatic carbocycles. The molecule has 0 saturated carbocycles. The van der Waals surface area contributed by atoms with Crippen LogP contribution in [0, 0.1) is 6.92 Å². The van der Waals surface area contributed by atoms with Gasteiger partial charge in [-0.1, -0.05) is 23.9 Å². The van der Waals surface area contributed by atoms with Crippen molar-refractivity contribution in [3.05, 3.63) is 78.3 Å². The van der Waals surface area contributed by atoms with E-state index < -0.39 is 0 Å². The Bertz CT molecular complexity index is 1180. The molecule has 1 atom stereocenters. The summed E-state index contributed by atoms with van der Waals surface area (Å²) in [4.78, 5) is 21.7. The summed E-state index contributed by atoms with van der Waals surface area (Å²) in [5.41, 5.74) is 4.36. The minimum absolute atomic E-state index is 0.0833. The first-order chi connectivity index (χ1) is 15.6. The molecule has 0 spiro atoms. The van der Waals surface area contributed by atoms with E-state index >= 15 is 0 Å². The van der Waals surface area contributed by atoms with Crippen LogP contribution >= 0.6 is 0 Å². The quantitative estimate of drug-likeness (QED) is 0.627. The molecule has 32 heavy (non-hydrogen) atoms. The predicted molar refractivity (Wildman–Crippen MR) is 119 cm³/mol. The van der Waals surface area contributed by atoms with Crippen molar-refractivity contribution in [3.8, 4) is 11.5 Å². The molecule has 1 fully saturated rings. The van der Waals surface area contributed by atoms with Gasteiger partial charge in [-0.05, 0) is 36.8 Å². The zero-order valence-corrected chi connectivity index (χ0v) is 18.0. The highest BCUT2D eigenvalue weighted by Gasteiger charge is 2.29. The van der Waals surface area contributed by atoms with E-state index in [1.54, 1.807) is 13.1 Å². The molecule has 1 aromatic carbocycles. The lowest BCUT2D eigenvalue weighted by Crippen LogP contribution is -2.49. The van der Waals surface area contributed by atoms with Crippen LogP contribution in [0.1, 0.15) is 23.2 Å². The Hall–Kier alpha value is -3.85. The fourth-order valence-corrected chi connectivity index (χ4v) is 3.74. The number of guanidine groups is 1. The van der Waals surface area contributed by atoms with Gasteiger partial charge in [-0.25, -0.2) is 15.0 Å². The van der Waals surface area contributed by atoms with Gasteiger partial charge in [0, 0.05) is 31.0 Å². The molecular weight excluding hydrogens is 406 g/mol. The number of hydrogen-bond acceptors (Lipinski definition) is 9. The van der Waals surface area contributed by atoms with E-state index in [1.165, 1.54) is 6.33 Å². The smallest absolute Gasteiger partial charge is 0.257 e. The Balaban J connectivity index is 1.37. The molecule has 0 N–H and O–H groups in total. The van der Waals surface area contributed by atoms with Crippen molar-refractivity contribution in [3.63, 3.8) is 0 Å². The molecule has 5 rings (SSSR count). The third-order valence-electron chi connectivity index (χ3n) is 5.51. The Kier molecular flexibility index (Phi) is 5.24. The van der Waals surface area contributed by atoms with E-state index in [1.807, 2.05) is 48.4 Å². The minimum atomic E-state index is -0.0833. The first-order valence-electron chi connectivity index (χ1n) is 10.3. The molecule has 1 saturated heterocycles. The SMILES string of the molecule is C=C1C=C(c2ccncn2)N=C(N2CCO[C@@H](c3ccc(-c4nc(C)no4)cc3)C2)N1C. The van der Waals surface area contributed by atoms with Gasteiger partial charge in [-0.3, -0.25) is 0 Å². The maximum absolute atomic E-state index is 6.08. The Morgan fingerprint density at radius 3 is 2.72 bits per heavy atom. The van der Waals surface area contributed by atoms with Crippen molar-refractivity contribution in [2.45, 2.75) is 13.0 Å². The summed E-state index contributed by atoms with van der Waals surface area (Å²) in [5, 5.41) is 3.85. The fraction of sp³-hybridized carbons (Fsp3) is 0.261. The molecule has 0 radical (unpaired) electrons. The molecule has 4 heterocycles. The van der Waals surface area contributed by atoms with Gasteiger partial charge in [0.05, 0.1) is 24.5 Å². The molecule has 9 heteroatoms. The highest BCUT2D eigenvalue weighted by molar-refractivity contribution is 5.90.